The van der Waals surface area contributed by atoms with Crippen LogP contribution in [0.5, 0.6) is 11.5 Å². The number of hydrogen-bond acceptors (Lipinski definition) is 2. The Labute approximate surface area is 104 Å². The van der Waals surface area contributed by atoms with E-state index in [1.54, 1.807) is 0 Å². The predicted octanol–water partition coefficient (Wildman–Crippen LogP) is 4.05. The van der Waals surface area contributed by atoms with Crippen LogP contribution in [0.2, 0.25) is 0 Å². The third kappa shape index (κ3) is 2.93. The molecule has 0 fully saturated rings. The van der Waals surface area contributed by atoms with E-state index >= 15 is 0 Å². The molecule has 0 radical (unpaired) electrons. The predicted molar refractivity (Wildman–Crippen MR) is 71.8 cm³/mol. The van der Waals surface area contributed by atoms with Crippen LogP contribution in [0.4, 0.5) is 0 Å². The van der Waals surface area contributed by atoms with Gasteiger partial charge in [0.15, 0.2) is 11.5 Å². The lowest BCUT2D eigenvalue weighted by atomic mass is 9.83. The third-order valence-electron chi connectivity index (χ3n) is 3.24. The average Bonchev–Trinajstić information content (AvgIpc) is 2.23. The van der Waals surface area contributed by atoms with Crippen LogP contribution in [-0.2, 0) is 11.8 Å². The smallest absolute Gasteiger partial charge is 0.161 e. The molecule has 0 aliphatic heterocycles. The van der Waals surface area contributed by atoms with E-state index in [2.05, 4.69) is 6.92 Å². The van der Waals surface area contributed by atoms with Gasteiger partial charge in [-0.15, -0.1) is 0 Å². The van der Waals surface area contributed by atoms with Crippen LogP contribution in [-0.4, -0.2) is 10.2 Å². The zero-order valence-corrected chi connectivity index (χ0v) is 11.6. The fourth-order valence-electron chi connectivity index (χ4n) is 2.01. The lowest BCUT2D eigenvalue weighted by molar-refractivity contribution is 0.385. The van der Waals surface area contributed by atoms with Gasteiger partial charge < -0.3 is 10.2 Å². The Morgan fingerprint density at radius 3 is 2.18 bits per heavy atom. The second-order valence-corrected chi connectivity index (χ2v) is 5.76. The number of hydrogen-bond donors (Lipinski definition) is 2. The monoisotopic (exact) mass is 236 g/mol. The normalized spacial score (nSPS) is 11.8. The van der Waals surface area contributed by atoms with E-state index in [1.807, 2.05) is 33.8 Å². The van der Waals surface area contributed by atoms with Crippen LogP contribution < -0.4 is 0 Å². The van der Waals surface area contributed by atoms with Crippen molar-refractivity contribution >= 4 is 0 Å². The number of phenolic OH excluding ortho intramolecular Hbond substituents is 2. The maximum absolute atomic E-state index is 10.0. The van der Waals surface area contributed by atoms with Gasteiger partial charge in [-0.25, -0.2) is 0 Å². The van der Waals surface area contributed by atoms with E-state index in [0.717, 1.165) is 36.0 Å². The number of benzene rings is 1. The van der Waals surface area contributed by atoms with Crippen LogP contribution in [0.25, 0.3) is 0 Å². The lowest BCUT2D eigenvalue weighted by Gasteiger charge is -2.23. The van der Waals surface area contributed by atoms with Crippen LogP contribution >= 0.6 is 0 Å². The summed E-state index contributed by atoms with van der Waals surface area (Å²) in [4.78, 5) is 0. The number of unbranched alkanes of at least 4 members (excludes halogenated alkanes) is 1. The molecule has 96 valence electrons. The maximum Gasteiger partial charge on any atom is 0.161 e. The molecule has 1 aromatic carbocycles. The SMILES string of the molecule is CCCCc1cc(C(C)(C)C)c(O)c(O)c1C. The summed E-state index contributed by atoms with van der Waals surface area (Å²) in [6, 6.07) is 2.04. The van der Waals surface area contributed by atoms with Crippen molar-refractivity contribution in [3.63, 3.8) is 0 Å². The topological polar surface area (TPSA) is 40.5 Å². The molecule has 2 N–H and O–H groups in total. The molecule has 0 unspecified atom stereocenters. The molecular formula is C15H24O2. The number of phenols is 2. The molecule has 0 aliphatic rings. The average molecular weight is 236 g/mol. The van der Waals surface area contributed by atoms with Crippen molar-refractivity contribution in [2.24, 2.45) is 0 Å². The van der Waals surface area contributed by atoms with Crippen molar-refractivity contribution in [1.29, 1.82) is 0 Å². The first-order valence-electron chi connectivity index (χ1n) is 6.34. The second-order valence-electron chi connectivity index (χ2n) is 5.76. The summed E-state index contributed by atoms with van der Waals surface area (Å²) >= 11 is 0. The van der Waals surface area contributed by atoms with Crippen molar-refractivity contribution < 1.29 is 10.2 Å². The Hall–Kier alpha value is -1.18. The van der Waals surface area contributed by atoms with Crippen LogP contribution in [0, 0.1) is 6.92 Å². The van der Waals surface area contributed by atoms with Crippen molar-refractivity contribution in [1.82, 2.24) is 0 Å². The molecule has 0 saturated heterocycles. The van der Waals surface area contributed by atoms with E-state index in [9.17, 15) is 10.2 Å². The number of aromatic hydroxyl groups is 2. The summed E-state index contributed by atoms with van der Waals surface area (Å²) in [6.07, 6.45) is 3.19. The van der Waals surface area contributed by atoms with Gasteiger partial charge >= 0.3 is 0 Å². The third-order valence-corrected chi connectivity index (χ3v) is 3.24. The molecule has 0 spiro atoms. The van der Waals surface area contributed by atoms with Gasteiger partial charge in [0.1, 0.15) is 0 Å². The molecule has 0 aliphatic carbocycles. The fourth-order valence-corrected chi connectivity index (χ4v) is 2.01. The van der Waals surface area contributed by atoms with Gasteiger partial charge in [0.25, 0.3) is 0 Å². The van der Waals surface area contributed by atoms with Crippen molar-refractivity contribution in [2.45, 2.75) is 59.3 Å². The summed E-state index contributed by atoms with van der Waals surface area (Å²) < 4.78 is 0. The first-order chi connectivity index (χ1) is 7.79. The molecule has 0 aromatic heterocycles. The summed E-state index contributed by atoms with van der Waals surface area (Å²) in [5.74, 6) is 0.0822. The van der Waals surface area contributed by atoms with Crippen molar-refractivity contribution in [2.75, 3.05) is 0 Å². The van der Waals surface area contributed by atoms with E-state index in [0.29, 0.717) is 0 Å². The zero-order chi connectivity index (χ0) is 13.2. The summed E-state index contributed by atoms with van der Waals surface area (Å²) in [7, 11) is 0. The Morgan fingerprint density at radius 2 is 1.71 bits per heavy atom. The number of aryl methyl sites for hydroxylation is 1. The van der Waals surface area contributed by atoms with Crippen LogP contribution in [0.1, 0.15) is 57.2 Å². The molecular weight excluding hydrogens is 212 g/mol. The molecule has 2 heteroatoms. The van der Waals surface area contributed by atoms with Gasteiger partial charge in [0.2, 0.25) is 0 Å². The molecule has 0 bridgehead atoms. The van der Waals surface area contributed by atoms with Crippen LogP contribution in [0.15, 0.2) is 6.07 Å². The summed E-state index contributed by atoms with van der Waals surface area (Å²) in [5, 5.41) is 20.0. The largest absolute Gasteiger partial charge is 0.504 e. The minimum atomic E-state index is -0.157. The van der Waals surface area contributed by atoms with Gasteiger partial charge in [-0.05, 0) is 36.3 Å². The molecule has 0 saturated carbocycles. The Kier molecular flexibility index (Phi) is 4.07. The van der Waals surface area contributed by atoms with Gasteiger partial charge in [-0.2, -0.15) is 0 Å². The van der Waals surface area contributed by atoms with Gasteiger partial charge in [0.05, 0.1) is 0 Å². The first kappa shape index (κ1) is 13.9. The highest BCUT2D eigenvalue weighted by molar-refractivity contribution is 5.55. The molecule has 2 nitrogen and oxygen atoms in total. The first-order valence-corrected chi connectivity index (χ1v) is 6.34. The highest BCUT2D eigenvalue weighted by atomic mass is 16.3. The highest BCUT2D eigenvalue weighted by Gasteiger charge is 2.23. The van der Waals surface area contributed by atoms with Gasteiger partial charge in [0, 0.05) is 5.56 Å². The zero-order valence-electron chi connectivity index (χ0n) is 11.6. The molecule has 17 heavy (non-hydrogen) atoms. The van der Waals surface area contributed by atoms with Crippen molar-refractivity contribution in [3.05, 3.63) is 22.8 Å². The molecule has 0 heterocycles. The minimum absolute atomic E-state index is 0.0373. The highest BCUT2D eigenvalue weighted by Crippen LogP contribution is 2.41. The van der Waals surface area contributed by atoms with Gasteiger partial charge in [-0.1, -0.05) is 40.2 Å². The summed E-state index contributed by atoms with van der Waals surface area (Å²) in [5.41, 5.74) is 2.62. The van der Waals surface area contributed by atoms with E-state index in [-0.39, 0.29) is 16.9 Å². The molecule has 0 amide bonds. The Balaban J connectivity index is 3.29. The maximum atomic E-state index is 10.0. The standard InChI is InChI=1S/C15H24O2/c1-6-7-8-11-9-12(15(3,4)5)14(17)13(16)10(11)2/h9,16-17H,6-8H2,1-5H3. The molecule has 1 aromatic rings. The minimum Gasteiger partial charge on any atom is -0.504 e. The number of rotatable bonds is 3. The van der Waals surface area contributed by atoms with E-state index in [4.69, 9.17) is 0 Å². The second kappa shape index (κ2) is 4.99. The Morgan fingerprint density at radius 1 is 1.12 bits per heavy atom. The molecule has 0 atom stereocenters. The lowest BCUT2D eigenvalue weighted by Crippen LogP contribution is -2.12. The van der Waals surface area contributed by atoms with E-state index < -0.39 is 0 Å². The van der Waals surface area contributed by atoms with Crippen molar-refractivity contribution in [3.8, 4) is 11.5 Å². The fraction of sp³-hybridized carbons (Fsp3) is 0.600. The van der Waals surface area contributed by atoms with Crippen LogP contribution in [0.3, 0.4) is 0 Å². The van der Waals surface area contributed by atoms with E-state index in [1.165, 1.54) is 0 Å². The summed E-state index contributed by atoms with van der Waals surface area (Å²) in [6.45, 7) is 10.1. The Bertz CT molecular complexity index is 400. The quantitative estimate of drug-likeness (QED) is 0.777. The van der Waals surface area contributed by atoms with Gasteiger partial charge in [-0.3, -0.25) is 0 Å². The molecule has 1 rings (SSSR count).